The zero-order valence-electron chi connectivity index (χ0n) is 8.21. The van der Waals surface area contributed by atoms with E-state index in [9.17, 15) is 0 Å². The van der Waals surface area contributed by atoms with Gasteiger partial charge in [0.2, 0.25) is 0 Å². The van der Waals surface area contributed by atoms with Crippen molar-refractivity contribution < 1.29 is 0 Å². The van der Waals surface area contributed by atoms with Crippen molar-refractivity contribution in [3.8, 4) is 0 Å². The van der Waals surface area contributed by atoms with Crippen molar-refractivity contribution in [2.45, 2.75) is 25.3 Å². The third-order valence-electron chi connectivity index (χ3n) is 3.51. The number of hydrogen-bond acceptors (Lipinski definition) is 2. The number of nitrogens with zero attached hydrogens (tertiary/aromatic N) is 1. The molecular weight excluding hydrogens is 148 g/mol. The van der Waals surface area contributed by atoms with Gasteiger partial charge in [0, 0.05) is 6.04 Å². The molecule has 0 aromatic rings. The third kappa shape index (κ3) is 1.50. The molecule has 1 heterocycles. The molecule has 12 heavy (non-hydrogen) atoms. The van der Waals surface area contributed by atoms with Crippen LogP contribution in [-0.4, -0.2) is 38.1 Å². The van der Waals surface area contributed by atoms with Crippen molar-refractivity contribution in [1.82, 2.24) is 10.2 Å². The summed E-state index contributed by atoms with van der Waals surface area (Å²) >= 11 is 0. The van der Waals surface area contributed by atoms with Crippen LogP contribution in [0, 0.1) is 11.8 Å². The molecule has 70 valence electrons. The fraction of sp³-hybridized carbons (Fsp3) is 1.00. The first kappa shape index (κ1) is 8.52. The van der Waals surface area contributed by atoms with Crippen molar-refractivity contribution in [3.63, 3.8) is 0 Å². The van der Waals surface area contributed by atoms with Gasteiger partial charge in [0.1, 0.15) is 0 Å². The van der Waals surface area contributed by atoms with E-state index in [1.54, 1.807) is 0 Å². The molecule has 0 spiro atoms. The molecule has 2 rings (SSSR count). The highest BCUT2D eigenvalue weighted by molar-refractivity contribution is 4.94. The van der Waals surface area contributed by atoms with Gasteiger partial charge in [-0.15, -0.1) is 0 Å². The largest absolute Gasteiger partial charge is 0.319 e. The first-order valence-electron chi connectivity index (χ1n) is 5.17. The van der Waals surface area contributed by atoms with Crippen LogP contribution in [-0.2, 0) is 0 Å². The maximum atomic E-state index is 3.33. The van der Waals surface area contributed by atoms with Gasteiger partial charge >= 0.3 is 0 Å². The quantitative estimate of drug-likeness (QED) is 0.672. The van der Waals surface area contributed by atoms with Gasteiger partial charge in [-0.2, -0.15) is 0 Å². The Morgan fingerprint density at radius 1 is 1.42 bits per heavy atom. The molecule has 1 aliphatic carbocycles. The first-order valence-corrected chi connectivity index (χ1v) is 5.17. The summed E-state index contributed by atoms with van der Waals surface area (Å²) in [6.45, 7) is 2.54. The lowest BCUT2D eigenvalue weighted by molar-refractivity contribution is 0.0634. The van der Waals surface area contributed by atoms with E-state index in [1.165, 1.54) is 32.4 Å². The van der Waals surface area contributed by atoms with E-state index in [0.29, 0.717) is 0 Å². The second kappa shape index (κ2) is 3.35. The number of hydrogen-bond donors (Lipinski definition) is 1. The summed E-state index contributed by atoms with van der Waals surface area (Å²) in [5, 5.41) is 3.33. The molecule has 0 aromatic heterocycles. The van der Waals surface area contributed by atoms with Crippen LogP contribution in [0.15, 0.2) is 0 Å². The Balaban J connectivity index is 1.86. The Hall–Kier alpha value is -0.0800. The Morgan fingerprint density at radius 3 is 2.50 bits per heavy atom. The van der Waals surface area contributed by atoms with Crippen LogP contribution >= 0.6 is 0 Å². The second-order valence-corrected chi connectivity index (χ2v) is 4.40. The van der Waals surface area contributed by atoms with Crippen LogP contribution in [0.3, 0.4) is 0 Å². The molecule has 1 saturated heterocycles. The monoisotopic (exact) mass is 168 g/mol. The van der Waals surface area contributed by atoms with Gasteiger partial charge < -0.3 is 10.2 Å². The maximum Gasteiger partial charge on any atom is 0.0147 e. The first-order chi connectivity index (χ1) is 5.83. The summed E-state index contributed by atoms with van der Waals surface area (Å²) in [6.07, 6.45) is 4.40. The van der Waals surface area contributed by atoms with E-state index >= 15 is 0 Å². The number of nitrogens with one attached hydrogen (secondary N) is 1. The SMILES string of the molecule is CNCC(C1CC1)C1CCN1C. The molecule has 2 atom stereocenters. The molecule has 2 fully saturated rings. The average Bonchev–Trinajstić information content (AvgIpc) is 2.83. The molecule has 1 saturated carbocycles. The van der Waals surface area contributed by atoms with E-state index in [2.05, 4.69) is 24.3 Å². The molecule has 1 aliphatic heterocycles. The molecule has 2 aliphatic rings. The minimum absolute atomic E-state index is 0.893. The van der Waals surface area contributed by atoms with Crippen molar-refractivity contribution in [2.75, 3.05) is 27.2 Å². The van der Waals surface area contributed by atoms with Gasteiger partial charge in [-0.3, -0.25) is 0 Å². The highest BCUT2D eigenvalue weighted by Crippen LogP contribution is 2.42. The minimum Gasteiger partial charge on any atom is -0.319 e. The molecule has 0 bridgehead atoms. The zero-order valence-corrected chi connectivity index (χ0v) is 8.21. The highest BCUT2D eigenvalue weighted by Gasteiger charge is 2.40. The minimum atomic E-state index is 0.893. The number of rotatable bonds is 4. The smallest absolute Gasteiger partial charge is 0.0147 e. The van der Waals surface area contributed by atoms with Crippen molar-refractivity contribution in [1.29, 1.82) is 0 Å². The van der Waals surface area contributed by atoms with E-state index in [1.807, 2.05) is 0 Å². The standard InChI is InChI=1S/C10H20N2/c1-11-7-9(8-3-4-8)10-5-6-12(10)2/h8-11H,3-7H2,1-2H3. The van der Waals surface area contributed by atoms with Crippen LogP contribution in [0.5, 0.6) is 0 Å². The van der Waals surface area contributed by atoms with Crippen LogP contribution in [0.1, 0.15) is 19.3 Å². The van der Waals surface area contributed by atoms with Gasteiger partial charge in [0.15, 0.2) is 0 Å². The van der Waals surface area contributed by atoms with Crippen molar-refractivity contribution >= 4 is 0 Å². The third-order valence-corrected chi connectivity index (χ3v) is 3.51. The summed E-state index contributed by atoms with van der Waals surface area (Å²) in [5.41, 5.74) is 0. The normalized spacial score (nSPS) is 33.0. The Morgan fingerprint density at radius 2 is 2.17 bits per heavy atom. The molecule has 0 aromatic carbocycles. The number of likely N-dealkylation sites (tertiary alicyclic amines) is 1. The lowest BCUT2D eigenvalue weighted by Gasteiger charge is -2.43. The van der Waals surface area contributed by atoms with E-state index < -0.39 is 0 Å². The summed E-state index contributed by atoms with van der Waals surface area (Å²) in [5.74, 6) is 1.99. The van der Waals surface area contributed by atoms with Crippen LogP contribution in [0.4, 0.5) is 0 Å². The van der Waals surface area contributed by atoms with Gasteiger partial charge in [-0.1, -0.05) is 0 Å². The topological polar surface area (TPSA) is 15.3 Å². The lowest BCUT2D eigenvalue weighted by Crippen LogP contribution is -2.52. The molecule has 2 unspecified atom stereocenters. The maximum absolute atomic E-state index is 3.33. The van der Waals surface area contributed by atoms with Gasteiger partial charge in [-0.25, -0.2) is 0 Å². The Bertz CT molecular complexity index is 154. The van der Waals surface area contributed by atoms with Crippen LogP contribution in [0.2, 0.25) is 0 Å². The second-order valence-electron chi connectivity index (χ2n) is 4.40. The van der Waals surface area contributed by atoms with Crippen molar-refractivity contribution in [3.05, 3.63) is 0 Å². The fourth-order valence-electron chi connectivity index (χ4n) is 2.45. The predicted octanol–water partition coefficient (Wildman–Crippen LogP) is 0.936. The molecule has 0 amide bonds. The molecular formula is C10H20N2. The average molecular weight is 168 g/mol. The highest BCUT2D eigenvalue weighted by atomic mass is 15.2. The van der Waals surface area contributed by atoms with Crippen LogP contribution in [0.25, 0.3) is 0 Å². The van der Waals surface area contributed by atoms with E-state index in [4.69, 9.17) is 0 Å². The van der Waals surface area contributed by atoms with Gasteiger partial charge in [0.05, 0.1) is 0 Å². The van der Waals surface area contributed by atoms with Crippen molar-refractivity contribution in [2.24, 2.45) is 11.8 Å². The molecule has 2 heteroatoms. The van der Waals surface area contributed by atoms with E-state index in [-0.39, 0.29) is 0 Å². The summed E-state index contributed by atoms with van der Waals surface area (Å²) < 4.78 is 0. The lowest BCUT2D eigenvalue weighted by atomic mass is 9.86. The van der Waals surface area contributed by atoms with E-state index in [0.717, 1.165) is 17.9 Å². The predicted molar refractivity (Wildman–Crippen MR) is 51.2 cm³/mol. The Kier molecular flexibility index (Phi) is 2.37. The fourth-order valence-corrected chi connectivity index (χ4v) is 2.45. The molecule has 1 N–H and O–H groups in total. The van der Waals surface area contributed by atoms with Crippen LogP contribution < -0.4 is 5.32 Å². The van der Waals surface area contributed by atoms with Gasteiger partial charge in [-0.05, 0) is 58.3 Å². The summed E-state index contributed by atoms with van der Waals surface area (Å²) in [7, 11) is 4.34. The molecule has 0 radical (unpaired) electrons. The summed E-state index contributed by atoms with van der Waals surface area (Å²) in [6, 6.07) is 0.893. The Labute approximate surface area is 75.3 Å². The molecule has 2 nitrogen and oxygen atoms in total. The zero-order chi connectivity index (χ0) is 8.55. The summed E-state index contributed by atoms with van der Waals surface area (Å²) in [4.78, 5) is 2.51. The van der Waals surface area contributed by atoms with Gasteiger partial charge in [0.25, 0.3) is 0 Å².